The number of carbonyl (C=O) groups excluding carboxylic acids is 5. The second-order valence-electron chi connectivity index (χ2n) is 20.8. The summed E-state index contributed by atoms with van der Waals surface area (Å²) in [6.45, 7) is 13.4. The monoisotopic (exact) mass is 1070 g/mol. The van der Waals surface area contributed by atoms with E-state index in [1.54, 1.807) is 22.3 Å². The lowest BCUT2D eigenvalue weighted by atomic mass is 9.85. The Bertz CT molecular complexity index is 2540. The first-order valence-corrected chi connectivity index (χ1v) is 27.2. The molecule has 2 saturated heterocycles. The maximum absolute atomic E-state index is 13.9. The number of hydrogen-bond acceptors (Lipinski definition) is 16. The van der Waals surface area contributed by atoms with E-state index in [1.807, 2.05) is 69.6 Å². The van der Waals surface area contributed by atoms with E-state index in [-0.39, 0.29) is 94.0 Å². The van der Waals surface area contributed by atoms with Gasteiger partial charge in [-0.05, 0) is 59.4 Å². The number of amides is 5. The number of thiazole rings is 1. The van der Waals surface area contributed by atoms with E-state index in [2.05, 4.69) is 47.9 Å². The van der Waals surface area contributed by atoms with E-state index in [9.17, 15) is 34.2 Å². The van der Waals surface area contributed by atoms with Crippen molar-refractivity contribution in [3.8, 4) is 10.4 Å². The van der Waals surface area contributed by atoms with Crippen LogP contribution < -0.4 is 16.0 Å². The molecule has 412 valence electrons. The predicted molar refractivity (Wildman–Crippen MR) is 284 cm³/mol. The fourth-order valence-corrected chi connectivity index (χ4v) is 10.3. The Morgan fingerprint density at radius 2 is 1.50 bits per heavy atom. The van der Waals surface area contributed by atoms with Gasteiger partial charge in [-0.2, -0.15) is 0 Å². The molecule has 20 nitrogen and oxygen atoms in total. The van der Waals surface area contributed by atoms with E-state index >= 15 is 0 Å². The standard InChI is InChI=1S/C55H75N9O11S/c1-37-50(76-36-60-37)41-11-9-38(10-12-41)28-56-53(70)47-27-44(65)34-64(47)54(71)51(55(2,3)4)61-48(67)14-17-72-19-21-74-23-24-75-22-20-73-18-15-49(68)63-30-39(31-63)25-43-26-46(59-35-58-43)52(69)57-29-45(66)33-62-16-13-40-7-5-6-8-42(40)32-62/h5-12,26,35-36,39,44-45,47,51,65-66H,13-25,27-34H2,1-4H3,(H,56,70)(H,57,69)(H,61,67)/t44-,45+,47+,51-/m1/s1. The molecule has 21 heteroatoms. The molecule has 0 aliphatic carbocycles. The largest absolute Gasteiger partial charge is 0.391 e. The van der Waals surface area contributed by atoms with Crippen molar-refractivity contribution >= 4 is 40.9 Å². The Balaban J connectivity index is 0.674. The summed E-state index contributed by atoms with van der Waals surface area (Å²) in [6, 6.07) is 16.0. The third-order valence-corrected chi connectivity index (χ3v) is 14.7. The third kappa shape index (κ3) is 17.4. The van der Waals surface area contributed by atoms with Gasteiger partial charge in [-0.3, -0.25) is 28.9 Å². The number of aliphatic hydroxyl groups excluding tert-OH is 2. The molecule has 0 unspecified atom stereocenters. The fourth-order valence-electron chi connectivity index (χ4n) is 9.46. The SMILES string of the molecule is Cc1ncsc1-c1ccc(CNC(=O)[C@@H]2C[C@@H](O)CN2C(=O)[C@@H](NC(=O)CCOCCOCCOCCOCCC(=O)N2CC(Cc3cc(C(=O)NC[C@H](O)CN4CCc5ccccc5C4)ncn3)C2)C(C)(C)C)cc1. The molecular formula is C55H75N9O11S. The van der Waals surface area contributed by atoms with E-state index in [4.69, 9.17) is 18.9 Å². The van der Waals surface area contributed by atoms with Crippen molar-refractivity contribution in [1.29, 1.82) is 0 Å². The van der Waals surface area contributed by atoms with E-state index in [0.717, 1.165) is 46.9 Å². The predicted octanol–water partition coefficient (Wildman–Crippen LogP) is 2.71. The Morgan fingerprint density at radius 1 is 0.829 bits per heavy atom. The number of β-amino-alcohol motifs (C(OH)–C–C–N with tert-alkyl or cyclic N) is 2. The lowest BCUT2D eigenvalue weighted by Gasteiger charge is -2.39. The summed E-state index contributed by atoms with van der Waals surface area (Å²) in [4.78, 5) is 85.2. The van der Waals surface area contributed by atoms with Crippen molar-refractivity contribution in [2.45, 2.75) is 97.2 Å². The summed E-state index contributed by atoms with van der Waals surface area (Å²) in [6.07, 6.45) is 1.72. The highest BCUT2D eigenvalue weighted by Crippen LogP contribution is 2.29. The minimum absolute atomic E-state index is 0.0130. The summed E-state index contributed by atoms with van der Waals surface area (Å²) in [5, 5.41) is 29.8. The highest BCUT2D eigenvalue weighted by atomic mass is 32.1. The van der Waals surface area contributed by atoms with Gasteiger partial charge in [0.15, 0.2) is 0 Å². The smallest absolute Gasteiger partial charge is 0.270 e. The molecule has 2 aromatic heterocycles. The van der Waals surface area contributed by atoms with E-state index < -0.39 is 35.6 Å². The van der Waals surface area contributed by atoms with E-state index in [0.29, 0.717) is 59.1 Å². The number of likely N-dealkylation sites (tertiary alicyclic amines) is 2. The van der Waals surface area contributed by atoms with Crippen molar-refractivity contribution in [3.63, 3.8) is 0 Å². The summed E-state index contributed by atoms with van der Waals surface area (Å²) in [7, 11) is 0. The van der Waals surface area contributed by atoms with Gasteiger partial charge >= 0.3 is 0 Å². The van der Waals surface area contributed by atoms with Crippen LogP contribution in [-0.2, 0) is 64.1 Å². The van der Waals surface area contributed by atoms with Crippen LogP contribution >= 0.6 is 11.3 Å². The fraction of sp³-hybridized carbons (Fsp3) is 0.564. The van der Waals surface area contributed by atoms with Gasteiger partial charge in [-0.25, -0.2) is 15.0 Å². The Morgan fingerprint density at radius 3 is 2.17 bits per heavy atom. The van der Waals surface area contributed by atoms with Crippen LogP contribution in [0.2, 0.25) is 0 Å². The van der Waals surface area contributed by atoms with Crippen LogP contribution in [0.3, 0.4) is 0 Å². The van der Waals surface area contributed by atoms with Crippen molar-refractivity contribution < 1.29 is 53.1 Å². The number of fused-ring (bicyclic) bond motifs is 1. The number of aromatic nitrogens is 3. The summed E-state index contributed by atoms with van der Waals surface area (Å²) >= 11 is 1.57. The summed E-state index contributed by atoms with van der Waals surface area (Å²) in [5.41, 5.74) is 7.61. The minimum atomic E-state index is -0.940. The van der Waals surface area contributed by atoms with Crippen LogP contribution in [0.4, 0.5) is 0 Å². The number of ether oxygens (including phenoxy) is 4. The van der Waals surface area contributed by atoms with Crippen LogP contribution in [-0.4, -0.2) is 186 Å². The number of aliphatic hydroxyl groups is 2. The Labute approximate surface area is 449 Å². The van der Waals surface area contributed by atoms with Gasteiger partial charge in [-0.1, -0.05) is 69.3 Å². The Kier molecular flexibility index (Phi) is 21.8. The minimum Gasteiger partial charge on any atom is -0.391 e. The second-order valence-corrected chi connectivity index (χ2v) is 21.6. The summed E-state index contributed by atoms with van der Waals surface area (Å²) in [5.74, 6) is -1.30. The lowest BCUT2D eigenvalue weighted by Crippen LogP contribution is -2.57. The first kappa shape index (κ1) is 57.9. The van der Waals surface area contributed by atoms with Gasteiger partial charge in [0.05, 0.1) is 87.6 Å². The number of nitrogens with zero attached hydrogens (tertiary/aromatic N) is 6. The van der Waals surface area contributed by atoms with Gasteiger partial charge in [0.2, 0.25) is 23.6 Å². The zero-order valence-electron chi connectivity index (χ0n) is 44.2. The van der Waals surface area contributed by atoms with Gasteiger partial charge in [-0.15, -0.1) is 11.3 Å². The third-order valence-electron chi connectivity index (χ3n) is 13.7. The van der Waals surface area contributed by atoms with E-state index in [1.165, 1.54) is 22.4 Å². The molecule has 0 spiro atoms. The number of carbonyl (C=O) groups is 5. The highest BCUT2D eigenvalue weighted by Gasteiger charge is 2.44. The van der Waals surface area contributed by atoms with Gasteiger partial charge < -0.3 is 54.9 Å². The Hall–Kier alpha value is -5.78. The van der Waals surface area contributed by atoms with Crippen LogP contribution in [0, 0.1) is 18.3 Å². The molecule has 5 heterocycles. The molecule has 3 aliphatic rings. The molecule has 7 rings (SSSR count). The molecule has 4 aromatic rings. The molecule has 2 aromatic carbocycles. The van der Waals surface area contributed by atoms with Crippen LogP contribution in [0.5, 0.6) is 0 Å². The normalized spacial score (nSPS) is 17.7. The van der Waals surface area contributed by atoms with Crippen molar-refractivity contribution in [2.24, 2.45) is 11.3 Å². The molecule has 5 amide bonds. The first-order valence-electron chi connectivity index (χ1n) is 26.3. The molecule has 0 radical (unpaired) electrons. The average molecular weight is 1070 g/mol. The lowest BCUT2D eigenvalue weighted by molar-refractivity contribution is -0.144. The molecule has 4 atom stereocenters. The van der Waals surface area contributed by atoms with Crippen LogP contribution in [0.15, 0.2) is 66.4 Å². The van der Waals surface area contributed by atoms with Crippen LogP contribution in [0.25, 0.3) is 10.4 Å². The van der Waals surface area contributed by atoms with Gasteiger partial charge in [0.25, 0.3) is 5.91 Å². The van der Waals surface area contributed by atoms with Crippen molar-refractivity contribution in [1.82, 2.24) is 45.6 Å². The zero-order valence-corrected chi connectivity index (χ0v) is 45.1. The van der Waals surface area contributed by atoms with Crippen LogP contribution in [0.1, 0.15) is 78.6 Å². The van der Waals surface area contributed by atoms with Gasteiger partial charge in [0, 0.05) is 70.9 Å². The molecule has 2 fully saturated rings. The number of nitrogens with one attached hydrogen (secondary N) is 3. The molecule has 0 bridgehead atoms. The van der Waals surface area contributed by atoms with Crippen molar-refractivity contribution in [3.05, 3.63) is 100 Å². The number of benzene rings is 2. The molecule has 76 heavy (non-hydrogen) atoms. The second kappa shape index (κ2) is 28.6. The number of aryl methyl sites for hydroxylation is 1. The quantitative estimate of drug-likeness (QED) is 0.0514. The zero-order chi connectivity index (χ0) is 54.0. The molecule has 5 N–H and O–H groups in total. The first-order chi connectivity index (χ1) is 36.6. The van der Waals surface area contributed by atoms with Crippen molar-refractivity contribution in [2.75, 3.05) is 92.1 Å². The molecule has 0 saturated carbocycles. The molecular weight excluding hydrogens is 995 g/mol. The maximum Gasteiger partial charge on any atom is 0.270 e. The number of hydrogen-bond donors (Lipinski definition) is 5. The number of rotatable bonds is 28. The highest BCUT2D eigenvalue weighted by molar-refractivity contribution is 7.13. The van der Waals surface area contributed by atoms with Gasteiger partial charge in [0.1, 0.15) is 24.1 Å². The maximum atomic E-state index is 13.9. The molecule has 3 aliphatic heterocycles. The topological polar surface area (TPSA) is 247 Å². The summed E-state index contributed by atoms with van der Waals surface area (Å²) < 4.78 is 22.4. The average Bonchev–Trinajstić information content (AvgIpc) is 4.02.